The number of allylic oxidation sites excluding steroid dienone is 1. The van der Waals surface area contributed by atoms with Crippen molar-refractivity contribution in [2.24, 2.45) is 0 Å². The van der Waals surface area contributed by atoms with Crippen LogP contribution < -0.4 is 4.90 Å². The standard InChI is InChI=1S/C26H31N3/c1-8-22-20(5)25-23(10-9-15-27-25)26(29(7)18(2)3)24(22)17-28(6)16-21-13-11-19(4)12-14-21/h8-15H,1-2,16-17H2,3-7H3. The largest absolute Gasteiger partial charge is 0.348 e. The zero-order valence-electron chi connectivity index (χ0n) is 18.3. The third-order valence-corrected chi connectivity index (χ3v) is 5.55. The maximum Gasteiger partial charge on any atom is 0.0758 e. The molecule has 0 unspecified atom stereocenters. The second kappa shape index (κ2) is 8.62. The first kappa shape index (κ1) is 20.8. The van der Waals surface area contributed by atoms with Crippen LogP contribution in [0.2, 0.25) is 0 Å². The number of pyridine rings is 1. The predicted octanol–water partition coefficient (Wildman–Crippen LogP) is 6.10. The maximum atomic E-state index is 4.67. The van der Waals surface area contributed by atoms with Gasteiger partial charge in [0.2, 0.25) is 0 Å². The minimum absolute atomic E-state index is 0.813. The molecule has 0 saturated heterocycles. The van der Waals surface area contributed by atoms with Crippen LogP contribution in [-0.4, -0.2) is 24.0 Å². The van der Waals surface area contributed by atoms with Gasteiger partial charge in [-0.2, -0.15) is 0 Å². The Morgan fingerprint density at radius 3 is 2.38 bits per heavy atom. The van der Waals surface area contributed by atoms with Crippen LogP contribution in [0.3, 0.4) is 0 Å². The smallest absolute Gasteiger partial charge is 0.0758 e. The molecule has 0 spiro atoms. The zero-order valence-corrected chi connectivity index (χ0v) is 18.3. The highest BCUT2D eigenvalue weighted by molar-refractivity contribution is 5.99. The normalized spacial score (nSPS) is 11.1. The summed E-state index contributed by atoms with van der Waals surface area (Å²) >= 11 is 0. The summed E-state index contributed by atoms with van der Waals surface area (Å²) in [6, 6.07) is 12.9. The van der Waals surface area contributed by atoms with Crippen LogP contribution in [0, 0.1) is 13.8 Å². The van der Waals surface area contributed by atoms with Crippen LogP contribution in [-0.2, 0) is 13.1 Å². The summed E-state index contributed by atoms with van der Waals surface area (Å²) in [7, 11) is 4.25. The lowest BCUT2D eigenvalue weighted by atomic mass is 9.94. The van der Waals surface area contributed by atoms with Crippen LogP contribution >= 0.6 is 0 Å². The molecular formula is C26H31N3. The molecular weight excluding hydrogens is 354 g/mol. The monoisotopic (exact) mass is 385 g/mol. The molecule has 3 nitrogen and oxygen atoms in total. The van der Waals surface area contributed by atoms with Crippen LogP contribution in [0.5, 0.6) is 0 Å². The quantitative estimate of drug-likeness (QED) is 0.490. The number of anilines is 1. The Bertz CT molecular complexity index is 1050. The number of hydrogen-bond donors (Lipinski definition) is 0. The topological polar surface area (TPSA) is 19.4 Å². The number of fused-ring (bicyclic) bond motifs is 1. The minimum Gasteiger partial charge on any atom is -0.348 e. The summed E-state index contributed by atoms with van der Waals surface area (Å²) in [6.45, 7) is 16.3. The molecule has 0 fully saturated rings. The molecule has 3 rings (SSSR count). The van der Waals surface area contributed by atoms with Crippen molar-refractivity contribution in [1.82, 2.24) is 9.88 Å². The predicted molar refractivity (Wildman–Crippen MR) is 126 cm³/mol. The lowest BCUT2D eigenvalue weighted by molar-refractivity contribution is 0.319. The van der Waals surface area contributed by atoms with Gasteiger partial charge in [-0.3, -0.25) is 9.88 Å². The molecule has 150 valence electrons. The summed E-state index contributed by atoms with van der Waals surface area (Å²) in [5.41, 5.74) is 9.38. The third kappa shape index (κ3) is 4.25. The van der Waals surface area contributed by atoms with Crippen molar-refractivity contribution in [2.75, 3.05) is 19.0 Å². The van der Waals surface area contributed by atoms with Crippen LogP contribution in [0.1, 0.15) is 34.7 Å². The van der Waals surface area contributed by atoms with E-state index in [1.54, 1.807) is 0 Å². The molecule has 0 atom stereocenters. The van der Waals surface area contributed by atoms with Gasteiger partial charge in [-0.1, -0.05) is 49.1 Å². The molecule has 29 heavy (non-hydrogen) atoms. The van der Waals surface area contributed by atoms with Crippen molar-refractivity contribution in [3.05, 3.63) is 89.3 Å². The lowest BCUT2D eigenvalue weighted by Crippen LogP contribution is -2.23. The van der Waals surface area contributed by atoms with E-state index in [-0.39, 0.29) is 0 Å². The molecule has 1 heterocycles. The Hall–Kier alpha value is -2.91. The molecule has 0 amide bonds. The van der Waals surface area contributed by atoms with E-state index in [0.29, 0.717) is 0 Å². The van der Waals surface area contributed by atoms with Gasteiger partial charge in [0, 0.05) is 37.4 Å². The molecule has 1 aromatic heterocycles. The van der Waals surface area contributed by atoms with Crippen LogP contribution in [0.15, 0.2) is 61.4 Å². The van der Waals surface area contributed by atoms with Gasteiger partial charge >= 0.3 is 0 Å². The SMILES string of the molecule is C=Cc1c(CN(C)Cc2ccc(C)cc2)c(N(C)C(=C)C)c2cccnc2c1C. The van der Waals surface area contributed by atoms with E-state index in [2.05, 4.69) is 86.2 Å². The zero-order chi connectivity index (χ0) is 21.1. The molecule has 0 N–H and O–H groups in total. The fourth-order valence-corrected chi connectivity index (χ4v) is 3.88. The summed E-state index contributed by atoms with van der Waals surface area (Å²) in [4.78, 5) is 9.19. The van der Waals surface area contributed by atoms with Crippen LogP contribution in [0.25, 0.3) is 17.0 Å². The second-order valence-electron chi connectivity index (χ2n) is 7.92. The van der Waals surface area contributed by atoms with Gasteiger partial charge in [0.1, 0.15) is 0 Å². The van der Waals surface area contributed by atoms with Gasteiger partial charge < -0.3 is 4.90 Å². The number of benzene rings is 2. The average Bonchev–Trinajstić information content (AvgIpc) is 2.70. The van der Waals surface area contributed by atoms with Gasteiger partial charge in [0.25, 0.3) is 0 Å². The summed E-state index contributed by atoms with van der Waals surface area (Å²) in [6.07, 6.45) is 3.82. The molecule has 0 radical (unpaired) electrons. The molecule has 3 heteroatoms. The molecule has 2 aromatic carbocycles. The van der Waals surface area contributed by atoms with Gasteiger partial charge in [0.05, 0.1) is 11.2 Å². The number of rotatable bonds is 7. The maximum absolute atomic E-state index is 4.67. The van der Waals surface area contributed by atoms with E-state index in [1.165, 1.54) is 22.3 Å². The first-order chi connectivity index (χ1) is 13.8. The highest BCUT2D eigenvalue weighted by Crippen LogP contribution is 2.37. The van der Waals surface area contributed by atoms with Gasteiger partial charge in [0.15, 0.2) is 0 Å². The molecule has 0 aliphatic heterocycles. The van der Waals surface area contributed by atoms with Crippen molar-refractivity contribution in [2.45, 2.75) is 33.9 Å². The van der Waals surface area contributed by atoms with E-state index in [1.807, 2.05) is 25.3 Å². The molecule has 0 aliphatic carbocycles. The van der Waals surface area contributed by atoms with E-state index >= 15 is 0 Å². The van der Waals surface area contributed by atoms with Gasteiger partial charge in [-0.25, -0.2) is 0 Å². The Labute approximate surface area is 175 Å². The first-order valence-electron chi connectivity index (χ1n) is 9.99. The van der Waals surface area contributed by atoms with Crippen molar-refractivity contribution in [1.29, 1.82) is 0 Å². The van der Waals surface area contributed by atoms with E-state index in [0.717, 1.165) is 40.9 Å². The van der Waals surface area contributed by atoms with E-state index < -0.39 is 0 Å². The van der Waals surface area contributed by atoms with Crippen molar-refractivity contribution < 1.29 is 0 Å². The summed E-state index contributed by atoms with van der Waals surface area (Å²) in [5.74, 6) is 0. The minimum atomic E-state index is 0.813. The fraction of sp³-hybridized carbons (Fsp3) is 0.269. The number of nitrogens with zero attached hydrogens (tertiary/aromatic N) is 3. The average molecular weight is 386 g/mol. The van der Waals surface area contributed by atoms with Gasteiger partial charge in [-0.05, 0) is 62.2 Å². The van der Waals surface area contributed by atoms with Crippen LogP contribution in [0.4, 0.5) is 5.69 Å². The Morgan fingerprint density at radius 2 is 1.76 bits per heavy atom. The Balaban J connectivity index is 2.11. The third-order valence-electron chi connectivity index (χ3n) is 5.55. The fourth-order valence-electron chi connectivity index (χ4n) is 3.88. The highest BCUT2D eigenvalue weighted by atomic mass is 15.1. The van der Waals surface area contributed by atoms with Crippen molar-refractivity contribution in [3.63, 3.8) is 0 Å². The Morgan fingerprint density at radius 1 is 1.07 bits per heavy atom. The highest BCUT2D eigenvalue weighted by Gasteiger charge is 2.20. The first-order valence-corrected chi connectivity index (χ1v) is 9.99. The second-order valence-corrected chi connectivity index (χ2v) is 7.92. The molecule has 0 aliphatic rings. The van der Waals surface area contributed by atoms with E-state index in [9.17, 15) is 0 Å². The molecule has 3 aromatic rings. The number of hydrogen-bond acceptors (Lipinski definition) is 3. The number of aromatic nitrogens is 1. The van der Waals surface area contributed by atoms with Crippen molar-refractivity contribution in [3.8, 4) is 0 Å². The summed E-state index contributed by atoms with van der Waals surface area (Å²) in [5, 5.41) is 1.15. The summed E-state index contributed by atoms with van der Waals surface area (Å²) < 4.78 is 0. The van der Waals surface area contributed by atoms with E-state index in [4.69, 9.17) is 0 Å². The number of aryl methyl sites for hydroxylation is 2. The molecule has 0 bridgehead atoms. The van der Waals surface area contributed by atoms with Crippen molar-refractivity contribution >= 4 is 22.7 Å². The lowest BCUT2D eigenvalue weighted by Gasteiger charge is -2.29. The molecule has 0 saturated carbocycles. The Kier molecular flexibility index (Phi) is 6.19. The van der Waals surface area contributed by atoms with Gasteiger partial charge in [-0.15, -0.1) is 0 Å².